The van der Waals surface area contributed by atoms with Crippen molar-refractivity contribution in [2.75, 3.05) is 0 Å². The molecule has 1 aromatic heterocycles. The fourth-order valence-corrected chi connectivity index (χ4v) is 1.21. The summed E-state index contributed by atoms with van der Waals surface area (Å²) in [5.74, 6) is 0. The summed E-state index contributed by atoms with van der Waals surface area (Å²) < 4.78 is 0. The summed E-state index contributed by atoms with van der Waals surface area (Å²) in [7, 11) is 0. The zero-order valence-electron chi connectivity index (χ0n) is 6.20. The lowest BCUT2D eigenvalue weighted by Gasteiger charge is -1.94. The molecule has 0 N–H and O–H groups in total. The van der Waals surface area contributed by atoms with Crippen molar-refractivity contribution in [3.05, 3.63) is 41.6 Å². The number of halogens is 2. The molecule has 2 rings (SSSR count). The first-order valence-corrected chi connectivity index (χ1v) is 3.74. The second-order valence-electron chi connectivity index (χ2n) is 2.34. The molecule has 0 aliphatic rings. The first-order chi connectivity index (χ1) is 5.36. The van der Waals surface area contributed by atoms with Gasteiger partial charge in [-0.1, -0.05) is 23.7 Å². The molecule has 0 bridgehead atoms. The van der Waals surface area contributed by atoms with Crippen LogP contribution in [0.4, 0.5) is 0 Å². The molecule has 1 heterocycles. The SMILES string of the molecule is Cl.Clc1ccc2cccnc2c1. The van der Waals surface area contributed by atoms with E-state index in [1.165, 1.54) is 0 Å². The second-order valence-corrected chi connectivity index (χ2v) is 2.78. The first-order valence-electron chi connectivity index (χ1n) is 3.36. The number of benzene rings is 1. The minimum Gasteiger partial charge on any atom is -0.256 e. The summed E-state index contributed by atoms with van der Waals surface area (Å²) in [5.41, 5.74) is 0.944. The summed E-state index contributed by atoms with van der Waals surface area (Å²) >= 11 is 5.78. The fourth-order valence-electron chi connectivity index (χ4n) is 1.04. The Kier molecular flexibility index (Phi) is 2.90. The molecule has 1 nitrogen and oxygen atoms in total. The van der Waals surface area contributed by atoms with Gasteiger partial charge < -0.3 is 0 Å². The Hall–Kier alpha value is -0.790. The normalized spacial score (nSPS) is 9.42. The van der Waals surface area contributed by atoms with E-state index in [0.29, 0.717) is 0 Å². The van der Waals surface area contributed by atoms with Gasteiger partial charge in [0.15, 0.2) is 0 Å². The highest BCUT2D eigenvalue weighted by Crippen LogP contribution is 2.16. The number of rotatable bonds is 0. The monoisotopic (exact) mass is 199 g/mol. The highest BCUT2D eigenvalue weighted by Gasteiger charge is 1.92. The molecule has 2 aromatic rings. The zero-order valence-corrected chi connectivity index (χ0v) is 7.77. The van der Waals surface area contributed by atoms with E-state index in [1.54, 1.807) is 6.20 Å². The molecule has 0 fully saturated rings. The summed E-state index contributed by atoms with van der Waals surface area (Å²) in [6.07, 6.45) is 1.76. The summed E-state index contributed by atoms with van der Waals surface area (Å²) in [6.45, 7) is 0. The van der Waals surface area contributed by atoms with Crippen molar-refractivity contribution in [3.8, 4) is 0 Å². The van der Waals surface area contributed by atoms with Gasteiger partial charge in [-0.25, -0.2) is 0 Å². The van der Waals surface area contributed by atoms with Gasteiger partial charge in [0.2, 0.25) is 0 Å². The minimum atomic E-state index is 0. The van der Waals surface area contributed by atoms with Crippen LogP contribution in [0.5, 0.6) is 0 Å². The van der Waals surface area contributed by atoms with E-state index in [9.17, 15) is 0 Å². The fraction of sp³-hybridized carbons (Fsp3) is 0. The van der Waals surface area contributed by atoms with Gasteiger partial charge >= 0.3 is 0 Å². The maximum Gasteiger partial charge on any atom is 0.0716 e. The van der Waals surface area contributed by atoms with Crippen LogP contribution >= 0.6 is 24.0 Å². The number of nitrogens with zero attached hydrogens (tertiary/aromatic N) is 1. The van der Waals surface area contributed by atoms with Crippen molar-refractivity contribution < 1.29 is 0 Å². The van der Waals surface area contributed by atoms with Gasteiger partial charge in [-0.2, -0.15) is 0 Å². The quantitative estimate of drug-likeness (QED) is 0.635. The predicted octanol–water partition coefficient (Wildman–Crippen LogP) is 3.31. The molecule has 0 radical (unpaired) electrons. The van der Waals surface area contributed by atoms with Gasteiger partial charge in [0.05, 0.1) is 5.52 Å². The van der Waals surface area contributed by atoms with Crippen molar-refractivity contribution in [1.82, 2.24) is 4.98 Å². The summed E-state index contributed by atoms with van der Waals surface area (Å²) in [6, 6.07) is 9.61. The third-order valence-corrected chi connectivity index (χ3v) is 1.80. The number of fused-ring (bicyclic) bond motifs is 1. The van der Waals surface area contributed by atoms with Crippen molar-refractivity contribution >= 4 is 34.9 Å². The minimum absolute atomic E-state index is 0. The summed E-state index contributed by atoms with van der Waals surface area (Å²) in [5, 5.41) is 1.85. The smallest absolute Gasteiger partial charge is 0.0716 e. The van der Waals surface area contributed by atoms with E-state index in [2.05, 4.69) is 4.98 Å². The number of aromatic nitrogens is 1. The molecule has 0 amide bonds. The van der Waals surface area contributed by atoms with E-state index >= 15 is 0 Å². The molecule has 0 unspecified atom stereocenters. The third-order valence-electron chi connectivity index (χ3n) is 1.57. The van der Waals surface area contributed by atoms with Gasteiger partial charge in [-0.15, -0.1) is 12.4 Å². The molecule has 1 aromatic carbocycles. The zero-order chi connectivity index (χ0) is 7.68. The Labute approximate surface area is 81.8 Å². The first kappa shape index (κ1) is 9.30. The number of pyridine rings is 1. The Bertz CT molecular complexity index is 387. The molecule has 0 saturated carbocycles. The van der Waals surface area contributed by atoms with E-state index in [1.807, 2.05) is 30.3 Å². The maximum atomic E-state index is 5.78. The summed E-state index contributed by atoms with van der Waals surface area (Å²) in [4.78, 5) is 4.16. The van der Waals surface area contributed by atoms with E-state index in [-0.39, 0.29) is 12.4 Å². The van der Waals surface area contributed by atoms with Crippen molar-refractivity contribution in [3.63, 3.8) is 0 Å². The van der Waals surface area contributed by atoms with E-state index in [0.717, 1.165) is 15.9 Å². The Balaban J connectivity index is 0.000000720. The van der Waals surface area contributed by atoms with Crippen LogP contribution in [0.2, 0.25) is 5.02 Å². The van der Waals surface area contributed by atoms with Crippen LogP contribution in [-0.4, -0.2) is 4.98 Å². The Morgan fingerprint density at radius 1 is 1.17 bits per heavy atom. The van der Waals surface area contributed by atoms with Crippen molar-refractivity contribution in [2.24, 2.45) is 0 Å². The van der Waals surface area contributed by atoms with Crippen LogP contribution in [0.25, 0.3) is 10.9 Å². The Morgan fingerprint density at radius 2 is 2.00 bits per heavy atom. The average molecular weight is 200 g/mol. The van der Waals surface area contributed by atoms with Gasteiger partial charge in [-0.05, 0) is 18.2 Å². The topological polar surface area (TPSA) is 12.9 Å². The molecule has 62 valence electrons. The average Bonchev–Trinajstić information content (AvgIpc) is 2.04. The second kappa shape index (κ2) is 3.74. The van der Waals surface area contributed by atoms with E-state index in [4.69, 9.17) is 11.6 Å². The molecule has 0 saturated heterocycles. The molecule has 0 spiro atoms. The van der Waals surface area contributed by atoms with E-state index < -0.39 is 0 Å². The van der Waals surface area contributed by atoms with Crippen LogP contribution < -0.4 is 0 Å². The van der Waals surface area contributed by atoms with Gasteiger partial charge in [0.25, 0.3) is 0 Å². The number of hydrogen-bond donors (Lipinski definition) is 0. The molecule has 12 heavy (non-hydrogen) atoms. The lowest BCUT2D eigenvalue weighted by molar-refractivity contribution is 1.41. The molecular weight excluding hydrogens is 193 g/mol. The van der Waals surface area contributed by atoms with Crippen molar-refractivity contribution in [2.45, 2.75) is 0 Å². The van der Waals surface area contributed by atoms with Crippen LogP contribution in [0, 0.1) is 0 Å². The predicted molar refractivity (Wildman–Crippen MR) is 54.0 cm³/mol. The van der Waals surface area contributed by atoms with Crippen LogP contribution in [0.1, 0.15) is 0 Å². The standard InChI is InChI=1S/C9H6ClN.ClH/c10-8-4-3-7-2-1-5-11-9(7)6-8;/h1-6H;1H. The van der Waals surface area contributed by atoms with Crippen LogP contribution in [-0.2, 0) is 0 Å². The van der Waals surface area contributed by atoms with Gasteiger partial charge in [0.1, 0.15) is 0 Å². The highest BCUT2D eigenvalue weighted by atomic mass is 35.5. The van der Waals surface area contributed by atoms with Crippen LogP contribution in [0.3, 0.4) is 0 Å². The van der Waals surface area contributed by atoms with Gasteiger partial charge in [0, 0.05) is 16.6 Å². The maximum absolute atomic E-state index is 5.78. The lowest BCUT2D eigenvalue weighted by atomic mass is 10.2. The molecular formula is C9H7Cl2N. The highest BCUT2D eigenvalue weighted by molar-refractivity contribution is 6.31. The largest absolute Gasteiger partial charge is 0.256 e. The van der Waals surface area contributed by atoms with Crippen molar-refractivity contribution in [1.29, 1.82) is 0 Å². The molecule has 0 aliphatic carbocycles. The molecule has 0 aliphatic heterocycles. The van der Waals surface area contributed by atoms with Crippen LogP contribution in [0.15, 0.2) is 36.5 Å². The van der Waals surface area contributed by atoms with Gasteiger partial charge in [-0.3, -0.25) is 4.98 Å². The third kappa shape index (κ3) is 1.68. The molecule has 3 heteroatoms. The lowest BCUT2D eigenvalue weighted by Crippen LogP contribution is -1.75. The number of hydrogen-bond acceptors (Lipinski definition) is 1. The Morgan fingerprint density at radius 3 is 2.83 bits per heavy atom. The molecule has 0 atom stereocenters.